The fraction of sp³-hybridized carbons (Fsp3) is 0. The first-order valence-corrected chi connectivity index (χ1v) is 1.67. The molecule has 0 saturated carbocycles. The molecule has 0 bridgehead atoms. The van der Waals surface area contributed by atoms with E-state index in [0.29, 0.717) is 0 Å². The van der Waals surface area contributed by atoms with E-state index < -0.39 is 13.4 Å². The van der Waals surface area contributed by atoms with Crippen LogP contribution >= 0.6 is 0 Å². The fourth-order valence-electron chi connectivity index (χ4n) is 0.128. The highest BCUT2D eigenvalue weighted by Crippen LogP contribution is 1.52. The summed E-state index contributed by atoms with van der Waals surface area (Å²) in [7, 11) is 15.5. The van der Waals surface area contributed by atoms with Gasteiger partial charge in [-0.15, -0.1) is 0 Å². The van der Waals surface area contributed by atoms with Crippen LogP contribution in [-0.2, 0) is 0 Å². The molecule has 0 heterocycles. The summed E-state index contributed by atoms with van der Waals surface area (Å²) in [5.74, 6) is 0. The molecule has 0 fully saturated rings. The van der Waals surface area contributed by atoms with Crippen molar-refractivity contribution in [1.82, 2.24) is 0 Å². The summed E-state index contributed by atoms with van der Waals surface area (Å²) < 4.78 is 6.84. The molecule has 0 spiro atoms. The van der Waals surface area contributed by atoms with Gasteiger partial charge in [0.05, 0.1) is 0 Å². The van der Waals surface area contributed by atoms with Gasteiger partial charge in [-0.05, 0) is 1.34 Å². The van der Waals surface area contributed by atoms with Gasteiger partial charge in [0.2, 0.25) is 0 Å². The largest absolute Gasteiger partial charge is 0.0388 e. The van der Waals surface area contributed by atoms with Gasteiger partial charge in [-0.1, -0.05) is 0 Å². The van der Waals surface area contributed by atoms with Crippen LogP contribution in [0.5, 0.6) is 0 Å². The number of hydrogen-bond acceptors (Lipinski definition) is 0. The second-order valence-corrected chi connectivity index (χ2v) is 0.962. The molecule has 0 unspecified atom stereocenters. The minimum Gasteiger partial charge on any atom is -0.0388 e. The molecule has 0 rings (SSSR count). The second kappa shape index (κ2) is 3.58. The first kappa shape index (κ1) is 4.55. The van der Waals surface area contributed by atoms with Crippen molar-refractivity contribution in [1.29, 1.82) is 1.34 Å². The zero-order valence-electron chi connectivity index (χ0n) is 4.46. The SMILES string of the molecule is [3H]B([B][B])B([B])[B]. The van der Waals surface area contributed by atoms with E-state index >= 15 is 0 Å². The van der Waals surface area contributed by atoms with E-state index in [1.54, 1.807) is 0 Å². The van der Waals surface area contributed by atoms with Crippen molar-refractivity contribution in [3.63, 3.8) is 0 Å². The van der Waals surface area contributed by atoms with Gasteiger partial charge in [-0.2, -0.15) is 0 Å². The maximum atomic E-state index is 6.84. The van der Waals surface area contributed by atoms with E-state index in [2.05, 4.69) is 0 Å². The van der Waals surface area contributed by atoms with Gasteiger partial charge < -0.3 is 0 Å². The molecular formula is HB6. The molecule has 6 heavy (non-hydrogen) atoms. The Hall–Kier alpha value is 0.390. The second-order valence-electron chi connectivity index (χ2n) is 0.962. The lowest BCUT2D eigenvalue weighted by Gasteiger charge is -1.89. The maximum Gasteiger partial charge on any atom is 0.0273 e. The van der Waals surface area contributed by atoms with Crippen molar-refractivity contribution in [3.8, 4) is 0 Å². The molecule has 6 heteroatoms. The predicted molar refractivity (Wildman–Crippen MR) is 35.9 cm³/mol. The Balaban J connectivity index is 3.14. The molecule has 0 aromatic rings. The third-order valence-corrected chi connectivity index (χ3v) is 0.333. The van der Waals surface area contributed by atoms with E-state index in [4.69, 9.17) is 24.5 Å². The molecule has 0 N–H and O–H groups in total. The lowest BCUT2D eigenvalue weighted by Crippen LogP contribution is -2.28. The van der Waals surface area contributed by atoms with Crippen molar-refractivity contribution in [2.24, 2.45) is 0 Å². The van der Waals surface area contributed by atoms with Crippen LogP contribution in [-0.4, -0.2) is 45.0 Å². The predicted octanol–water partition coefficient (Wildman–Crippen LogP) is -2.55. The Kier molecular flexibility index (Phi) is 2.71. The van der Waals surface area contributed by atoms with Gasteiger partial charge in [0.15, 0.2) is 0 Å². The van der Waals surface area contributed by atoms with Crippen molar-refractivity contribution in [3.05, 3.63) is 0 Å². The molecule has 0 atom stereocenters. The molecular weight excluding hydrogens is 64.9 g/mol. The van der Waals surface area contributed by atoms with Crippen LogP contribution in [0.15, 0.2) is 0 Å². The molecule has 0 amide bonds. The number of rotatable bonds is 2. The van der Waals surface area contributed by atoms with E-state index in [1.807, 2.05) is 0 Å². The minimum absolute atomic E-state index is 0.639. The molecule has 0 aliphatic heterocycles. The Morgan fingerprint density at radius 2 is 2.33 bits per heavy atom. The third-order valence-electron chi connectivity index (χ3n) is 0.333. The Morgan fingerprint density at radius 1 is 1.83 bits per heavy atom. The van der Waals surface area contributed by atoms with E-state index in [1.165, 1.54) is 0 Å². The molecule has 0 saturated heterocycles. The average Bonchev–Trinajstić information content (AvgIpc) is 1.65. The summed E-state index contributed by atoms with van der Waals surface area (Å²) in [5.41, 5.74) is 0. The van der Waals surface area contributed by atoms with Gasteiger partial charge in [0.1, 0.15) is 0 Å². The van der Waals surface area contributed by atoms with Gasteiger partial charge in [0.25, 0.3) is 0 Å². The topological polar surface area (TPSA) is 0 Å². The van der Waals surface area contributed by atoms with Crippen molar-refractivity contribution >= 4 is 43.7 Å². The summed E-state index contributed by atoms with van der Waals surface area (Å²) in [6.07, 6.45) is -0.648. The smallest absolute Gasteiger partial charge is 0.0273 e. The average molecular weight is 67.9 g/mol. The van der Waals surface area contributed by atoms with E-state index in [9.17, 15) is 0 Å². The van der Waals surface area contributed by atoms with Crippen LogP contribution in [0.25, 0.3) is 0 Å². The molecule has 0 aromatic carbocycles. The lowest BCUT2D eigenvalue weighted by atomic mass is 8.91. The van der Waals surface area contributed by atoms with E-state index in [0.717, 1.165) is 7.06 Å². The van der Waals surface area contributed by atoms with Gasteiger partial charge in [-0.25, -0.2) is 0 Å². The highest BCUT2D eigenvalue weighted by molar-refractivity contribution is 7.66. The normalized spacial score (nSPS) is 9.00. The Bertz CT molecular complexity index is 41.4. The summed E-state index contributed by atoms with van der Waals surface area (Å²) in [5, 5.41) is 0. The fourth-order valence-corrected chi connectivity index (χ4v) is 0.128. The van der Waals surface area contributed by atoms with Crippen molar-refractivity contribution in [2.45, 2.75) is 0 Å². The number of hydrogen-bond donors (Lipinski definition) is 0. The maximum absolute atomic E-state index is 6.84. The Labute approximate surface area is 45.9 Å². The molecule has 19 valence electrons. The molecule has 0 aliphatic carbocycles. The van der Waals surface area contributed by atoms with Crippen LogP contribution in [0.3, 0.4) is 0 Å². The summed E-state index contributed by atoms with van der Waals surface area (Å²) in [6, 6.07) is 0. The quantitative estimate of drug-likeness (QED) is 0.312. The Morgan fingerprint density at radius 3 is 2.33 bits per heavy atom. The zero-order chi connectivity index (χ0) is 5.86. The first-order chi connectivity index (χ1) is 3.18. The monoisotopic (exact) mass is 69.1 g/mol. The summed E-state index contributed by atoms with van der Waals surface area (Å²) >= 11 is 0. The van der Waals surface area contributed by atoms with E-state index in [-0.39, 0.29) is 0 Å². The lowest BCUT2D eigenvalue weighted by molar-refractivity contribution is 3.85. The molecule has 0 aromatic heterocycles. The standard InChI is InChI=1S/B6H/c1-4-5-6(2)3/h5H/i5T. The van der Waals surface area contributed by atoms with Crippen LogP contribution in [0, 0.1) is 0 Å². The molecule has 0 nitrogen and oxygen atoms in total. The third kappa shape index (κ3) is 4.39. The minimum atomic E-state index is -0.648. The molecule has 7 radical (unpaired) electrons. The summed E-state index contributed by atoms with van der Waals surface area (Å²) in [4.78, 5) is 0. The van der Waals surface area contributed by atoms with Gasteiger partial charge in [-0.3, -0.25) is 0 Å². The van der Waals surface area contributed by atoms with Crippen molar-refractivity contribution in [2.75, 3.05) is 0 Å². The zero-order valence-corrected chi connectivity index (χ0v) is 3.46. The summed E-state index contributed by atoms with van der Waals surface area (Å²) in [6.45, 7) is 0. The van der Waals surface area contributed by atoms with Crippen LogP contribution in [0.4, 0.5) is 0 Å². The highest BCUT2D eigenvalue weighted by Gasteiger charge is 1.91. The highest BCUT2D eigenvalue weighted by atomic mass is 12.7. The molecule has 0 aliphatic rings. The van der Waals surface area contributed by atoms with Gasteiger partial charge >= 0.3 is 0 Å². The van der Waals surface area contributed by atoms with Crippen LogP contribution in [0.2, 0.25) is 0 Å². The van der Waals surface area contributed by atoms with Crippen LogP contribution in [0.1, 0.15) is 0 Å². The first-order valence-electron chi connectivity index (χ1n) is 2.24. The van der Waals surface area contributed by atoms with Gasteiger partial charge in [0, 0.05) is 43.7 Å². The van der Waals surface area contributed by atoms with Crippen LogP contribution < -0.4 is 0 Å². The van der Waals surface area contributed by atoms with Crippen molar-refractivity contribution < 1.29 is 0 Å².